The summed E-state index contributed by atoms with van der Waals surface area (Å²) >= 11 is 0. The number of rotatable bonds is 7. The number of ether oxygens (including phenoxy) is 2. The second-order valence-corrected chi connectivity index (χ2v) is 6.93. The minimum absolute atomic E-state index is 0.000710. The molecule has 24 heavy (non-hydrogen) atoms. The predicted molar refractivity (Wildman–Crippen MR) is 86.3 cm³/mol. The van der Waals surface area contributed by atoms with Crippen molar-refractivity contribution < 1.29 is 22.7 Å². The summed E-state index contributed by atoms with van der Waals surface area (Å²) in [6.45, 7) is 4.14. The Balaban J connectivity index is 1.79. The third-order valence-electron chi connectivity index (χ3n) is 3.17. The lowest BCUT2D eigenvalue weighted by Crippen LogP contribution is -2.13. The number of esters is 1. The van der Waals surface area contributed by atoms with Crippen LogP contribution in [0.25, 0.3) is 0 Å². The van der Waals surface area contributed by atoms with E-state index < -0.39 is 16.0 Å². The zero-order valence-corrected chi connectivity index (χ0v) is 14.2. The van der Waals surface area contributed by atoms with Crippen molar-refractivity contribution in [2.75, 3.05) is 13.2 Å². The smallest absolute Gasteiger partial charge is 0.358 e. The number of aromatic nitrogens is 2. The Labute approximate surface area is 140 Å². The predicted octanol–water partition coefficient (Wildman–Crippen LogP) is 1.42. The fourth-order valence-electron chi connectivity index (χ4n) is 1.83. The van der Waals surface area contributed by atoms with Gasteiger partial charge < -0.3 is 9.47 Å². The van der Waals surface area contributed by atoms with Crippen LogP contribution in [0.3, 0.4) is 0 Å². The van der Waals surface area contributed by atoms with Crippen LogP contribution in [-0.2, 0) is 14.8 Å². The molecule has 2 aromatic rings. The van der Waals surface area contributed by atoms with Gasteiger partial charge in [0.05, 0.1) is 4.90 Å². The van der Waals surface area contributed by atoms with Crippen LogP contribution < -0.4 is 9.88 Å². The van der Waals surface area contributed by atoms with Crippen LogP contribution in [0.4, 0.5) is 0 Å². The van der Waals surface area contributed by atoms with Gasteiger partial charge in [0.1, 0.15) is 19.0 Å². The summed E-state index contributed by atoms with van der Waals surface area (Å²) in [5.74, 6) is 0.148. The molecule has 130 valence electrons. The van der Waals surface area contributed by atoms with E-state index >= 15 is 0 Å². The van der Waals surface area contributed by atoms with Crippen molar-refractivity contribution in [1.29, 1.82) is 0 Å². The molecular weight excluding hydrogens is 334 g/mol. The molecule has 0 spiro atoms. The van der Waals surface area contributed by atoms with Gasteiger partial charge in [-0.2, -0.15) is 5.10 Å². The van der Waals surface area contributed by atoms with Gasteiger partial charge in [0.15, 0.2) is 5.69 Å². The van der Waals surface area contributed by atoms with Crippen LogP contribution in [0, 0.1) is 0 Å². The first-order valence-electron chi connectivity index (χ1n) is 7.25. The second-order valence-electron chi connectivity index (χ2n) is 5.36. The van der Waals surface area contributed by atoms with Gasteiger partial charge in [-0.05, 0) is 36.2 Å². The molecule has 1 aromatic heterocycles. The quantitative estimate of drug-likeness (QED) is 0.573. The molecule has 0 aliphatic heterocycles. The van der Waals surface area contributed by atoms with E-state index in [9.17, 15) is 13.2 Å². The standard InChI is InChI=1S/C15H19N3O5S/c1-10(2)13-9-14(18-17-13)15(19)23-8-7-22-11-3-5-12(6-4-11)24(16,20)21/h3-6,9-10H,7-8H2,1-2H3,(H,17,18)(H2,16,20,21). The number of sulfonamides is 1. The van der Waals surface area contributed by atoms with E-state index in [2.05, 4.69) is 10.2 Å². The van der Waals surface area contributed by atoms with Crippen LogP contribution in [0.5, 0.6) is 5.75 Å². The lowest BCUT2D eigenvalue weighted by atomic mass is 10.1. The fraction of sp³-hybridized carbons (Fsp3) is 0.333. The van der Waals surface area contributed by atoms with Crippen LogP contribution in [-0.4, -0.2) is 37.8 Å². The first-order chi connectivity index (χ1) is 11.3. The van der Waals surface area contributed by atoms with Crippen LogP contribution in [0.2, 0.25) is 0 Å². The molecule has 0 atom stereocenters. The van der Waals surface area contributed by atoms with Gasteiger partial charge in [-0.25, -0.2) is 18.4 Å². The monoisotopic (exact) mass is 353 g/mol. The molecule has 0 amide bonds. The SMILES string of the molecule is CC(C)c1cc(C(=O)OCCOc2ccc(S(N)(=O)=O)cc2)n[nH]1. The highest BCUT2D eigenvalue weighted by atomic mass is 32.2. The van der Waals surface area contributed by atoms with Gasteiger partial charge >= 0.3 is 5.97 Å². The van der Waals surface area contributed by atoms with E-state index in [4.69, 9.17) is 14.6 Å². The Kier molecular flexibility index (Phi) is 5.58. The molecule has 3 N–H and O–H groups in total. The zero-order chi connectivity index (χ0) is 17.7. The van der Waals surface area contributed by atoms with Crippen molar-refractivity contribution in [3.8, 4) is 5.75 Å². The van der Waals surface area contributed by atoms with Gasteiger partial charge in [-0.1, -0.05) is 13.8 Å². The maximum atomic E-state index is 11.8. The highest BCUT2D eigenvalue weighted by Gasteiger charge is 2.13. The molecule has 9 heteroatoms. The third-order valence-corrected chi connectivity index (χ3v) is 4.10. The average Bonchev–Trinajstić information content (AvgIpc) is 3.01. The summed E-state index contributed by atoms with van der Waals surface area (Å²) in [6.07, 6.45) is 0. The molecule has 0 radical (unpaired) electrons. The summed E-state index contributed by atoms with van der Waals surface area (Å²) in [5.41, 5.74) is 1.07. The molecule has 0 fully saturated rings. The van der Waals surface area contributed by atoms with Crippen LogP contribution in [0.1, 0.15) is 35.9 Å². The molecule has 0 bridgehead atoms. The van der Waals surface area contributed by atoms with Crippen molar-refractivity contribution in [1.82, 2.24) is 10.2 Å². The minimum atomic E-state index is -3.73. The number of primary sulfonamides is 1. The fourth-order valence-corrected chi connectivity index (χ4v) is 2.35. The van der Waals surface area contributed by atoms with Crippen molar-refractivity contribution in [2.24, 2.45) is 5.14 Å². The number of nitrogens with two attached hydrogens (primary N) is 1. The third kappa shape index (κ3) is 4.80. The number of benzene rings is 1. The minimum Gasteiger partial charge on any atom is -0.490 e. The maximum Gasteiger partial charge on any atom is 0.358 e. The molecule has 0 aliphatic carbocycles. The van der Waals surface area contributed by atoms with Crippen LogP contribution in [0.15, 0.2) is 35.2 Å². The molecule has 0 unspecified atom stereocenters. The largest absolute Gasteiger partial charge is 0.490 e. The number of aromatic amines is 1. The van der Waals surface area contributed by atoms with E-state index in [0.717, 1.165) is 5.69 Å². The molecule has 1 heterocycles. The normalized spacial score (nSPS) is 11.5. The number of carbonyl (C=O) groups excluding carboxylic acids is 1. The Bertz CT molecular complexity index is 797. The highest BCUT2D eigenvalue weighted by molar-refractivity contribution is 7.89. The topological polar surface area (TPSA) is 124 Å². The van der Waals surface area contributed by atoms with E-state index in [0.29, 0.717) is 5.75 Å². The second kappa shape index (κ2) is 7.45. The average molecular weight is 353 g/mol. The molecule has 0 aliphatic rings. The molecule has 0 saturated heterocycles. The molecule has 0 saturated carbocycles. The van der Waals surface area contributed by atoms with E-state index in [1.54, 1.807) is 6.07 Å². The number of nitrogens with zero attached hydrogens (tertiary/aromatic N) is 1. The summed E-state index contributed by atoms with van der Waals surface area (Å²) in [4.78, 5) is 11.8. The van der Waals surface area contributed by atoms with Gasteiger partial charge in [0.2, 0.25) is 10.0 Å². The van der Waals surface area contributed by atoms with Gasteiger partial charge in [-0.15, -0.1) is 0 Å². The molecule has 2 rings (SSSR count). The number of nitrogens with one attached hydrogen (secondary N) is 1. The van der Waals surface area contributed by atoms with Gasteiger partial charge in [0.25, 0.3) is 0 Å². The first kappa shape index (κ1) is 18.0. The molecule has 1 aromatic carbocycles. The first-order valence-corrected chi connectivity index (χ1v) is 8.80. The number of hydrogen-bond donors (Lipinski definition) is 2. The maximum absolute atomic E-state index is 11.8. The number of carbonyl (C=O) groups is 1. The molecular formula is C15H19N3O5S. The Hall–Kier alpha value is -2.39. The van der Waals surface area contributed by atoms with Crippen molar-refractivity contribution in [3.63, 3.8) is 0 Å². The summed E-state index contributed by atoms with van der Waals surface area (Å²) in [5, 5.41) is 11.7. The van der Waals surface area contributed by atoms with Crippen LogP contribution >= 0.6 is 0 Å². The Morgan fingerprint density at radius 2 is 1.92 bits per heavy atom. The zero-order valence-electron chi connectivity index (χ0n) is 13.4. The van der Waals surface area contributed by atoms with Gasteiger partial charge in [-0.3, -0.25) is 5.10 Å². The number of hydrogen-bond acceptors (Lipinski definition) is 6. The van der Waals surface area contributed by atoms with E-state index in [-0.39, 0.29) is 29.7 Å². The van der Waals surface area contributed by atoms with E-state index in [1.165, 1.54) is 24.3 Å². The Morgan fingerprint density at radius 3 is 2.46 bits per heavy atom. The molecule has 8 nitrogen and oxygen atoms in total. The van der Waals surface area contributed by atoms with E-state index in [1.807, 2.05) is 13.8 Å². The Morgan fingerprint density at radius 1 is 1.25 bits per heavy atom. The lowest BCUT2D eigenvalue weighted by Gasteiger charge is -2.07. The van der Waals surface area contributed by atoms with Crippen molar-refractivity contribution in [3.05, 3.63) is 41.7 Å². The van der Waals surface area contributed by atoms with Crippen molar-refractivity contribution in [2.45, 2.75) is 24.7 Å². The van der Waals surface area contributed by atoms with Crippen molar-refractivity contribution >= 4 is 16.0 Å². The van der Waals surface area contributed by atoms with Gasteiger partial charge in [0, 0.05) is 5.69 Å². The summed E-state index contributed by atoms with van der Waals surface area (Å²) < 4.78 is 32.7. The highest BCUT2D eigenvalue weighted by Crippen LogP contribution is 2.15. The summed E-state index contributed by atoms with van der Waals surface area (Å²) in [6, 6.07) is 7.29. The lowest BCUT2D eigenvalue weighted by molar-refractivity contribution is 0.0443. The summed E-state index contributed by atoms with van der Waals surface area (Å²) in [7, 11) is -3.73. The number of H-pyrrole nitrogens is 1.